The first-order chi connectivity index (χ1) is 5.84. The van der Waals surface area contributed by atoms with Crippen molar-refractivity contribution in [1.82, 2.24) is 10.3 Å². The number of rotatable bonds is 4. The SMILES string of the molecule is NCCCNC(=O)c1cnco1. The molecule has 0 aliphatic carbocycles. The number of hydrogen-bond donors (Lipinski definition) is 2. The number of nitrogens with zero attached hydrogens (tertiary/aromatic N) is 1. The van der Waals surface area contributed by atoms with Gasteiger partial charge < -0.3 is 15.5 Å². The van der Waals surface area contributed by atoms with Crippen LogP contribution in [0.4, 0.5) is 0 Å². The molecular weight excluding hydrogens is 158 g/mol. The van der Waals surface area contributed by atoms with E-state index in [1.807, 2.05) is 0 Å². The fourth-order valence-corrected chi connectivity index (χ4v) is 0.719. The van der Waals surface area contributed by atoms with Gasteiger partial charge in [0, 0.05) is 6.54 Å². The molecule has 0 spiro atoms. The van der Waals surface area contributed by atoms with Crippen LogP contribution in [0.25, 0.3) is 0 Å². The lowest BCUT2D eigenvalue weighted by molar-refractivity contribution is 0.0926. The van der Waals surface area contributed by atoms with Crippen molar-refractivity contribution in [2.45, 2.75) is 6.42 Å². The minimum Gasteiger partial charge on any atom is -0.438 e. The molecule has 66 valence electrons. The minimum atomic E-state index is -0.249. The smallest absolute Gasteiger partial charge is 0.288 e. The van der Waals surface area contributed by atoms with Gasteiger partial charge in [-0.15, -0.1) is 0 Å². The van der Waals surface area contributed by atoms with E-state index in [0.717, 1.165) is 6.42 Å². The topological polar surface area (TPSA) is 81.1 Å². The average Bonchev–Trinajstić information content (AvgIpc) is 2.56. The summed E-state index contributed by atoms with van der Waals surface area (Å²) in [6.45, 7) is 1.13. The normalized spacial score (nSPS) is 9.75. The Morgan fingerprint density at radius 3 is 3.17 bits per heavy atom. The maximum absolute atomic E-state index is 11.1. The molecule has 1 heterocycles. The lowest BCUT2D eigenvalue weighted by Crippen LogP contribution is -2.25. The zero-order valence-electron chi connectivity index (χ0n) is 6.62. The molecule has 0 saturated heterocycles. The van der Waals surface area contributed by atoms with Crippen molar-refractivity contribution in [3.63, 3.8) is 0 Å². The van der Waals surface area contributed by atoms with Crippen LogP contribution in [0.5, 0.6) is 0 Å². The lowest BCUT2D eigenvalue weighted by atomic mass is 10.4. The predicted octanol–water partition coefficient (Wildman–Crippen LogP) is -0.247. The third kappa shape index (κ3) is 2.35. The van der Waals surface area contributed by atoms with Gasteiger partial charge in [0.05, 0.1) is 6.20 Å². The monoisotopic (exact) mass is 169 g/mol. The Labute approximate surface area is 70.0 Å². The second-order valence-corrected chi connectivity index (χ2v) is 2.26. The number of hydrogen-bond acceptors (Lipinski definition) is 4. The predicted molar refractivity (Wildman–Crippen MR) is 42.5 cm³/mol. The molecule has 1 aromatic heterocycles. The first-order valence-corrected chi connectivity index (χ1v) is 3.71. The van der Waals surface area contributed by atoms with E-state index in [1.54, 1.807) is 0 Å². The van der Waals surface area contributed by atoms with E-state index in [9.17, 15) is 4.79 Å². The molecule has 12 heavy (non-hydrogen) atoms. The first kappa shape index (κ1) is 8.73. The molecule has 0 aromatic carbocycles. The second-order valence-electron chi connectivity index (χ2n) is 2.26. The molecule has 1 rings (SSSR count). The Bertz CT molecular complexity index is 233. The highest BCUT2D eigenvalue weighted by Gasteiger charge is 2.06. The highest BCUT2D eigenvalue weighted by atomic mass is 16.3. The van der Waals surface area contributed by atoms with Crippen molar-refractivity contribution in [2.75, 3.05) is 13.1 Å². The highest BCUT2D eigenvalue weighted by Crippen LogP contribution is 1.94. The maximum Gasteiger partial charge on any atom is 0.288 e. The third-order valence-electron chi connectivity index (χ3n) is 1.32. The van der Waals surface area contributed by atoms with Crippen molar-refractivity contribution in [3.05, 3.63) is 18.4 Å². The van der Waals surface area contributed by atoms with E-state index in [-0.39, 0.29) is 11.7 Å². The summed E-state index contributed by atoms with van der Waals surface area (Å²) in [5.41, 5.74) is 5.25. The second kappa shape index (κ2) is 4.50. The van der Waals surface area contributed by atoms with E-state index < -0.39 is 0 Å². The van der Waals surface area contributed by atoms with Gasteiger partial charge in [-0.05, 0) is 13.0 Å². The molecule has 0 saturated carbocycles. The van der Waals surface area contributed by atoms with Crippen molar-refractivity contribution in [2.24, 2.45) is 5.73 Å². The standard InChI is InChI=1S/C7H11N3O2/c8-2-1-3-10-7(11)6-4-9-5-12-6/h4-5H,1-3,8H2,(H,10,11). The van der Waals surface area contributed by atoms with Crippen LogP contribution in [0.15, 0.2) is 17.0 Å². The number of amides is 1. The van der Waals surface area contributed by atoms with E-state index in [0.29, 0.717) is 13.1 Å². The van der Waals surface area contributed by atoms with Crippen LogP contribution in [-0.4, -0.2) is 24.0 Å². The first-order valence-electron chi connectivity index (χ1n) is 3.71. The molecule has 0 unspecified atom stereocenters. The van der Waals surface area contributed by atoms with Gasteiger partial charge in [-0.2, -0.15) is 0 Å². The molecule has 0 aliphatic rings. The molecule has 0 aliphatic heterocycles. The number of nitrogens with one attached hydrogen (secondary N) is 1. The summed E-state index contributed by atoms with van der Waals surface area (Å²) in [5.74, 6) is -0.0204. The molecule has 0 atom stereocenters. The number of nitrogens with two attached hydrogens (primary N) is 1. The minimum absolute atomic E-state index is 0.229. The Hall–Kier alpha value is -1.36. The summed E-state index contributed by atoms with van der Waals surface area (Å²) in [4.78, 5) is 14.7. The van der Waals surface area contributed by atoms with Crippen LogP contribution in [0.1, 0.15) is 17.0 Å². The Morgan fingerprint density at radius 1 is 1.75 bits per heavy atom. The molecule has 0 bridgehead atoms. The summed E-state index contributed by atoms with van der Waals surface area (Å²) in [6, 6.07) is 0. The maximum atomic E-state index is 11.1. The van der Waals surface area contributed by atoms with E-state index in [4.69, 9.17) is 10.2 Å². The van der Waals surface area contributed by atoms with Crippen LogP contribution < -0.4 is 11.1 Å². The molecule has 1 amide bonds. The van der Waals surface area contributed by atoms with Gasteiger partial charge in [0.25, 0.3) is 5.91 Å². The fraction of sp³-hybridized carbons (Fsp3) is 0.429. The molecule has 1 aromatic rings. The van der Waals surface area contributed by atoms with Crippen LogP contribution in [0, 0.1) is 0 Å². The molecule has 3 N–H and O–H groups in total. The number of aromatic nitrogens is 1. The molecule has 0 radical (unpaired) electrons. The van der Waals surface area contributed by atoms with E-state index in [2.05, 4.69) is 10.3 Å². The van der Waals surface area contributed by atoms with Crippen molar-refractivity contribution >= 4 is 5.91 Å². The van der Waals surface area contributed by atoms with Gasteiger partial charge in [-0.1, -0.05) is 0 Å². The summed E-state index contributed by atoms with van der Waals surface area (Å²) in [5, 5.41) is 2.63. The molecule has 0 fully saturated rings. The van der Waals surface area contributed by atoms with Gasteiger partial charge >= 0.3 is 0 Å². The molecular formula is C7H11N3O2. The van der Waals surface area contributed by atoms with Crippen LogP contribution in [-0.2, 0) is 0 Å². The third-order valence-corrected chi connectivity index (χ3v) is 1.32. The molecule has 5 heteroatoms. The van der Waals surface area contributed by atoms with Gasteiger partial charge in [0.1, 0.15) is 0 Å². The number of carbonyl (C=O) groups excluding carboxylic acids is 1. The van der Waals surface area contributed by atoms with Crippen molar-refractivity contribution in [3.8, 4) is 0 Å². The van der Waals surface area contributed by atoms with E-state index in [1.165, 1.54) is 12.6 Å². The summed E-state index contributed by atoms with van der Waals surface area (Å²) >= 11 is 0. The van der Waals surface area contributed by atoms with Gasteiger partial charge in [-0.3, -0.25) is 4.79 Å². The van der Waals surface area contributed by atoms with Gasteiger partial charge in [-0.25, -0.2) is 4.98 Å². The largest absolute Gasteiger partial charge is 0.438 e. The van der Waals surface area contributed by atoms with Gasteiger partial charge in [0.15, 0.2) is 6.39 Å². The average molecular weight is 169 g/mol. The fourth-order valence-electron chi connectivity index (χ4n) is 0.719. The van der Waals surface area contributed by atoms with Gasteiger partial charge in [0.2, 0.25) is 5.76 Å². The van der Waals surface area contributed by atoms with Crippen LogP contribution in [0.2, 0.25) is 0 Å². The molecule has 5 nitrogen and oxygen atoms in total. The Balaban J connectivity index is 2.30. The Kier molecular flexibility index (Phi) is 3.28. The van der Waals surface area contributed by atoms with Crippen LogP contribution in [0.3, 0.4) is 0 Å². The van der Waals surface area contributed by atoms with Crippen LogP contribution >= 0.6 is 0 Å². The Morgan fingerprint density at radius 2 is 2.58 bits per heavy atom. The van der Waals surface area contributed by atoms with Crippen molar-refractivity contribution in [1.29, 1.82) is 0 Å². The zero-order chi connectivity index (χ0) is 8.81. The highest BCUT2D eigenvalue weighted by molar-refractivity contribution is 5.90. The van der Waals surface area contributed by atoms with Crippen molar-refractivity contribution < 1.29 is 9.21 Å². The summed E-state index contributed by atoms with van der Waals surface area (Å²) < 4.78 is 4.77. The summed E-state index contributed by atoms with van der Waals surface area (Å²) in [6.07, 6.45) is 3.36. The zero-order valence-corrected chi connectivity index (χ0v) is 6.62. The quantitative estimate of drug-likeness (QED) is 0.609. The lowest BCUT2D eigenvalue weighted by Gasteiger charge is -1.99. The number of carbonyl (C=O) groups is 1. The number of oxazole rings is 1. The van der Waals surface area contributed by atoms with E-state index >= 15 is 0 Å². The summed E-state index contributed by atoms with van der Waals surface area (Å²) in [7, 11) is 0.